The summed E-state index contributed by atoms with van der Waals surface area (Å²) in [7, 11) is 0. The Hall–Kier alpha value is -5.56. The van der Waals surface area contributed by atoms with E-state index in [-0.39, 0.29) is 63.5 Å². The highest BCUT2D eigenvalue weighted by Crippen LogP contribution is 2.25. The number of aliphatic hydroxyl groups is 1. The van der Waals surface area contributed by atoms with Gasteiger partial charge in [0.25, 0.3) is 0 Å². The maximum absolute atomic E-state index is 14.0. The highest BCUT2D eigenvalue weighted by atomic mass is 32.2. The molecule has 2 aliphatic heterocycles. The number of nitrogens with two attached hydrogens (primary N) is 2. The Balaban J connectivity index is 2.19. The Morgan fingerprint density at radius 1 is 0.643 bits per heavy atom. The molecule has 0 spiro atoms. The molecule has 0 radical (unpaired) electrons. The number of carbonyl (C=O) groups is 11. The Bertz CT molecular complexity index is 1870. The molecule has 0 aromatic carbocycles. The molecule has 0 aliphatic carbocycles. The van der Waals surface area contributed by atoms with Crippen molar-refractivity contribution in [1.29, 1.82) is 0 Å². The first kappa shape index (κ1) is 60.6. The Morgan fingerprint density at radius 3 is 1.70 bits per heavy atom. The van der Waals surface area contributed by atoms with Gasteiger partial charge in [0.15, 0.2) is 0 Å². The molecule has 10 amide bonds. The van der Waals surface area contributed by atoms with Crippen molar-refractivity contribution in [2.45, 2.75) is 161 Å². The van der Waals surface area contributed by atoms with E-state index in [9.17, 15) is 63.0 Å². The van der Waals surface area contributed by atoms with Gasteiger partial charge in [-0.05, 0) is 88.1 Å². The maximum Gasteiger partial charge on any atom is 0.325 e. The van der Waals surface area contributed by atoms with Crippen molar-refractivity contribution >= 4 is 76.8 Å². The van der Waals surface area contributed by atoms with Gasteiger partial charge in [-0.25, -0.2) is 0 Å². The number of nitrogens with zero attached hydrogens (tertiary/aromatic N) is 2. The second-order valence-corrected chi connectivity index (χ2v) is 20.0. The lowest BCUT2D eigenvalue weighted by Gasteiger charge is -2.32. The lowest BCUT2D eigenvalue weighted by molar-refractivity contribution is -0.147. The number of rotatable bonds is 29. The topological polar surface area (TPSA) is 371 Å². The minimum absolute atomic E-state index is 0.00674. The fourth-order valence-electron chi connectivity index (χ4n) is 7.98. The molecule has 2 fully saturated rings. The van der Waals surface area contributed by atoms with Crippen LogP contribution in [0.25, 0.3) is 0 Å². The number of hydrogen-bond donors (Lipinski definition) is 11. The second-order valence-electron chi connectivity index (χ2n) is 19.0. The summed E-state index contributed by atoms with van der Waals surface area (Å²) in [6.07, 6.45) is 3.58. The van der Waals surface area contributed by atoms with Gasteiger partial charge in [0.2, 0.25) is 59.1 Å². The second kappa shape index (κ2) is 29.6. The molecule has 2 saturated heterocycles. The molecule has 0 bridgehead atoms. The van der Waals surface area contributed by atoms with E-state index in [2.05, 4.69) is 37.2 Å². The third kappa shape index (κ3) is 19.3. The zero-order valence-electron chi connectivity index (χ0n) is 41.7. The zero-order chi connectivity index (χ0) is 53.0. The van der Waals surface area contributed by atoms with Gasteiger partial charge in [-0.2, -0.15) is 11.8 Å². The lowest BCUT2D eigenvalue weighted by Crippen LogP contribution is -2.61. The van der Waals surface area contributed by atoms with Crippen molar-refractivity contribution < 1.29 is 63.0 Å². The standard InChI is InChI=1S/C45H77N11O13S/c1-23(2)19-29(39(62)49-26(7)45(68)69)52-43(66)36(25(5)6)54-41(64)31(22-57)53-38(61)28(15-18-70-8)50-40(63)30(20-24(3)4)51-42(65)32-11-9-17-56(32)44(67)33-12-10-16-55(33)35(59)21-48-37(60)27(46)13-14-34(47)58/h23-33,36,57H,9-22,46H2,1-8H3,(H2,47,58)(H,48,60)(H,49,62)(H,50,63)(H,51,65)(H,52,66)(H,53,61)(H,54,64)(H,68,69)/t26-,27-,28-,29-,30-,31-,32-,33-,36-/m0/s1. The smallest absolute Gasteiger partial charge is 0.325 e. The molecule has 25 heteroatoms. The molecule has 2 rings (SSSR count). The highest BCUT2D eigenvalue weighted by Gasteiger charge is 2.43. The summed E-state index contributed by atoms with van der Waals surface area (Å²) in [4.78, 5) is 147. The van der Waals surface area contributed by atoms with Crippen LogP contribution >= 0.6 is 11.8 Å². The van der Waals surface area contributed by atoms with Crippen LogP contribution in [-0.4, -0.2) is 178 Å². The SMILES string of the molecule is CSCC[C@H](NC(=O)[C@H](CC(C)C)NC(=O)[C@@H]1CCCN1C(=O)[C@@H]1CCCN1C(=O)CNC(=O)[C@@H](N)CCC(N)=O)C(=O)N[C@@H](CO)C(=O)N[C@H](C(=O)N[C@@H](CC(C)C)C(=O)N[C@@H](C)C(=O)O)C(C)C. The molecule has 0 saturated carbocycles. The number of aliphatic hydroxyl groups excluding tert-OH is 1. The van der Waals surface area contributed by atoms with Gasteiger partial charge in [0, 0.05) is 19.5 Å². The summed E-state index contributed by atoms with van der Waals surface area (Å²) >= 11 is 1.37. The summed E-state index contributed by atoms with van der Waals surface area (Å²) in [6, 6.07) is -10.6. The van der Waals surface area contributed by atoms with Gasteiger partial charge in [-0.3, -0.25) is 52.7 Å². The van der Waals surface area contributed by atoms with Crippen LogP contribution in [0.3, 0.4) is 0 Å². The van der Waals surface area contributed by atoms with Crippen LogP contribution in [-0.2, 0) is 52.7 Å². The van der Waals surface area contributed by atoms with E-state index >= 15 is 0 Å². The molecule has 2 aliphatic rings. The van der Waals surface area contributed by atoms with E-state index in [1.54, 1.807) is 34.0 Å². The number of hydrogen-bond acceptors (Lipinski definition) is 14. The van der Waals surface area contributed by atoms with Crippen molar-refractivity contribution in [3.05, 3.63) is 0 Å². The predicted molar refractivity (Wildman–Crippen MR) is 258 cm³/mol. The molecule has 0 unspecified atom stereocenters. The molecule has 0 aromatic heterocycles. The normalized spacial score (nSPS) is 18.7. The van der Waals surface area contributed by atoms with E-state index in [0.717, 1.165) is 0 Å². The minimum atomic E-state index is -1.60. The number of carboxylic acid groups (broad SMARTS) is 1. The van der Waals surface area contributed by atoms with Crippen LogP contribution in [0.5, 0.6) is 0 Å². The third-order valence-corrected chi connectivity index (χ3v) is 12.5. The average Bonchev–Trinajstić information content (AvgIpc) is 3.99. The van der Waals surface area contributed by atoms with E-state index in [1.807, 2.05) is 13.8 Å². The van der Waals surface area contributed by atoms with Crippen LogP contribution in [0.15, 0.2) is 0 Å². The van der Waals surface area contributed by atoms with Crippen LogP contribution in [0.2, 0.25) is 0 Å². The summed E-state index contributed by atoms with van der Waals surface area (Å²) in [5.74, 6) is -8.59. The van der Waals surface area contributed by atoms with Gasteiger partial charge in [0.05, 0.1) is 19.2 Å². The number of carboxylic acids is 1. The van der Waals surface area contributed by atoms with Crippen molar-refractivity contribution in [3.8, 4) is 0 Å². The number of amides is 10. The fraction of sp³-hybridized carbons (Fsp3) is 0.756. The summed E-state index contributed by atoms with van der Waals surface area (Å²) in [6.45, 7) is 10.9. The molecule has 24 nitrogen and oxygen atoms in total. The minimum Gasteiger partial charge on any atom is -0.480 e. The van der Waals surface area contributed by atoms with Gasteiger partial charge in [0.1, 0.15) is 48.3 Å². The monoisotopic (exact) mass is 1010 g/mol. The maximum atomic E-state index is 14.0. The van der Waals surface area contributed by atoms with Crippen molar-refractivity contribution in [2.75, 3.05) is 38.2 Å². The number of likely N-dealkylation sites (tertiary alicyclic amines) is 2. The van der Waals surface area contributed by atoms with Crippen molar-refractivity contribution in [1.82, 2.24) is 47.0 Å². The average molecular weight is 1010 g/mol. The van der Waals surface area contributed by atoms with E-state index in [0.29, 0.717) is 25.0 Å². The van der Waals surface area contributed by atoms with E-state index in [4.69, 9.17) is 11.5 Å². The predicted octanol–water partition coefficient (Wildman–Crippen LogP) is -2.82. The van der Waals surface area contributed by atoms with Gasteiger partial charge >= 0.3 is 5.97 Å². The van der Waals surface area contributed by atoms with Crippen LogP contribution in [0.4, 0.5) is 0 Å². The van der Waals surface area contributed by atoms with Gasteiger partial charge < -0.3 is 68.7 Å². The first-order chi connectivity index (χ1) is 32.8. The van der Waals surface area contributed by atoms with E-state index < -0.39 is 138 Å². The van der Waals surface area contributed by atoms with Crippen LogP contribution < -0.4 is 48.7 Å². The first-order valence-electron chi connectivity index (χ1n) is 23.9. The van der Waals surface area contributed by atoms with Crippen molar-refractivity contribution in [3.63, 3.8) is 0 Å². The zero-order valence-corrected chi connectivity index (χ0v) is 42.5. The quantitative estimate of drug-likeness (QED) is 0.0360. The van der Waals surface area contributed by atoms with Gasteiger partial charge in [-0.1, -0.05) is 41.5 Å². The third-order valence-electron chi connectivity index (χ3n) is 11.9. The van der Waals surface area contributed by atoms with Crippen molar-refractivity contribution in [2.24, 2.45) is 29.2 Å². The first-order valence-corrected chi connectivity index (χ1v) is 25.3. The molecule has 396 valence electrons. The van der Waals surface area contributed by atoms with Crippen LogP contribution in [0, 0.1) is 17.8 Å². The number of thioether (sulfide) groups is 1. The summed E-state index contributed by atoms with van der Waals surface area (Å²) in [5, 5.41) is 37.4. The molecular weight excluding hydrogens is 935 g/mol. The summed E-state index contributed by atoms with van der Waals surface area (Å²) in [5.41, 5.74) is 10.9. The molecular formula is C45H77N11O13S. The Kier molecular flexibility index (Phi) is 25.6. The Labute approximate surface area is 413 Å². The highest BCUT2D eigenvalue weighted by molar-refractivity contribution is 7.98. The number of nitrogens with one attached hydrogen (secondary N) is 7. The Morgan fingerprint density at radius 2 is 1.16 bits per heavy atom. The van der Waals surface area contributed by atoms with Crippen LogP contribution in [0.1, 0.15) is 106 Å². The molecule has 2 heterocycles. The largest absolute Gasteiger partial charge is 0.480 e. The van der Waals surface area contributed by atoms with Gasteiger partial charge in [-0.15, -0.1) is 0 Å². The number of aliphatic carboxylic acids is 1. The molecule has 9 atom stereocenters. The lowest BCUT2D eigenvalue weighted by atomic mass is 9.99. The summed E-state index contributed by atoms with van der Waals surface area (Å²) < 4.78 is 0. The number of carbonyl (C=O) groups excluding carboxylic acids is 10. The molecule has 0 aromatic rings. The number of primary amides is 1. The van der Waals surface area contributed by atoms with E-state index in [1.165, 1.54) is 28.5 Å². The fourth-order valence-corrected chi connectivity index (χ4v) is 8.46. The molecule has 13 N–H and O–H groups in total. The molecule has 70 heavy (non-hydrogen) atoms.